The van der Waals surface area contributed by atoms with Crippen LogP contribution in [-0.4, -0.2) is 17.4 Å². The number of fused-ring (bicyclic) bond motifs is 1. The van der Waals surface area contributed by atoms with Gasteiger partial charge in [0, 0.05) is 11.1 Å². The molecular weight excluding hydrogens is 389 g/mol. The number of furan rings is 1. The molecule has 27 heavy (non-hydrogen) atoms. The third-order valence-electron chi connectivity index (χ3n) is 3.67. The molecule has 0 saturated carbocycles. The van der Waals surface area contributed by atoms with Crippen LogP contribution in [0.4, 0.5) is 10.1 Å². The summed E-state index contributed by atoms with van der Waals surface area (Å²) in [7, 11) is 0. The van der Waals surface area contributed by atoms with E-state index in [2.05, 4.69) is 15.8 Å². The molecule has 8 heteroatoms. The first kappa shape index (κ1) is 19.1. The highest BCUT2D eigenvalue weighted by Gasteiger charge is 2.11. The van der Waals surface area contributed by atoms with Crippen LogP contribution in [0.3, 0.4) is 0 Å². The van der Waals surface area contributed by atoms with Gasteiger partial charge < -0.3 is 14.5 Å². The topological polar surface area (TPSA) is 58.8 Å². The van der Waals surface area contributed by atoms with E-state index in [-0.39, 0.29) is 10.1 Å². The molecule has 0 bridgehead atoms. The molecule has 0 unspecified atom stereocenters. The van der Waals surface area contributed by atoms with Gasteiger partial charge in [0.2, 0.25) is 0 Å². The number of hydrogen-bond donors (Lipinski definition) is 2. The fourth-order valence-corrected chi connectivity index (χ4v) is 2.75. The molecule has 0 saturated heterocycles. The van der Waals surface area contributed by atoms with E-state index in [1.165, 1.54) is 18.2 Å². The molecule has 0 aliphatic carbocycles. The van der Waals surface area contributed by atoms with Crippen molar-refractivity contribution < 1.29 is 13.5 Å². The van der Waals surface area contributed by atoms with Crippen LogP contribution in [0, 0.1) is 5.82 Å². The molecule has 2 aromatic carbocycles. The molecule has 0 amide bonds. The smallest absolute Gasteiger partial charge is 0.191 e. The summed E-state index contributed by atoms with van der Waals surface area (Å²) in [6, 6.07) is 11.8. The summed E-state index contributed by atoms with van der Waals surface area (Å²) in [6.07, 6.45) is 0. The van der Waals surface area contributed by atoms with E-state index in [9.17, 15) is 4.39 Å². The molecule has 0 aliphatic heterocycles. The Hall–Kier alpha value is -2.64. The minimum Gasteiger partial charge on any atom is -0.490 e. The van der Waals surface area contributed by atoms with Crippen LogP contribution in [0.5, 0.6) is 5.75 Å². The fourth-order valence-electron chi connectivity index (χ4n) is 2.41. The predicted octanol–water partition coefficient (Wildman–Crippen LogP) is 5.33. The Morgan fingerprint density at radius 3 is 2.85 bits per heavy atom. The second-order valence-electron chi connectivity index (χ2n) is 5.61. The van der Waals surface area contributed by atoms with Crippen molar-refractivity contribution in [3.8, 4) is 5.75 Å². The maximum atomic E-state index is 13.2. The van der Waals surface area contributed by atoms with Crippen molar-refractivity contribution in [1.29, 1.82) is 0 Å². The van der Waals surface area contributed by atoms with Gasteiger partial charge in [-0.2, -0.15) is 5.10 Å². The minimum atomic E-state index is -0.494. The first-order valence-corrected chi connectivity index (χ1v) is 8.98. The molecule has 0 spiro atoms. The van der Waals surface area contributed by atoms with Crippen molar-refractivity contribution in [2.75, 3.05) is 11.9 Å². The van der Waals surface area contributed by atoms with Crippen molar-refractivity contribution in [2.24, 2.45) is 5.10 Å². The van der Waals surface area contributed by atoms with Gasteiger partial charge in [-0.05, 0) is 56.4 Å². The lowest BCUT2D eigenvalue weighted by Crippen LogP contribution is -2.24. The maximum absolute atomic E-state index is 13.2. The van der Waals surface area contributed by atoms with Crippen LogP contribution in [0.1, 0.15) is 19.6 Å². The molecule has 3 aromatic rings. The number of hydrogen-bond acceptors (Lipinski definition) is 4. The molecule has 1 aromatic heterocycles. The monoisotopic (exact) mass is 405 g/mol. The molecule has 2 N–H and O–H groups in total. The molecule has 1 heterocycles. The van der Waals surface area contributed by atoms with Gasteiger partial charge in [-0.3, -0.25) is 5.43 Å². The highest BCUT2D eigenvalue weighted by atomic mass is 35.5. The van der Waals surface area contributed by atoms with E-state index in [4.69, 9.17) is 33.0 Å². The number of anilines is 1. The number of ether oxygens (including phenoxy) is 1. The number of thiocarbonyl (C=S) groups is 1. The SMILES string of the molecule is CCOc1cccc2cc(C(C)=NNC(=S)Nc3ccc(F)c(Cl)c3)oc12. The van der Waals surface area contributed by atoms with E-state index >= 15 is 0 Å². The lowest BCUT2D eigenvalue weighted by molar-refractivity contribution is 0.338. The normalized spacial score (nSPS) is 11.5. The van der Waals surface area contributed by atoms with Crippen LogP contribution in [0.25, 0.3) is 11.0 Å². The summed E-state index contributed by atoms with van der Waals surface area (Å²) >= 11 is 10.9. The Labute approximate surface area is 166 Å². The van der Waals surface area contributed by atoms with Crippen molar-refractivity contribution >= 4 is 51.3 Å². The molecule has 0 atom stereocenters. The Morgan fingerprint density at radius 1 is 1.30 bits per heavy atom. The van der Waals surface area contributed by atoms with Gasteiger partial charge in [-0.15, -0.1) is 0 Å². The Kier molecular flexibility index (Phi) is 5.93. The van der Waals surface area contributed by atoms with Gasteiger partial charge >= 0.3 is 0 Å². The molecule has 5 nitrogen and oxygen atoms in total. The van der Waals surface area contributed by atoms with Crippen LogP contribution < -0.4 is 15.5 Å². The average Bonchev–Trinajstić information content (AvgIpc) is 3.08. The van der Waals surface area contributed by atoms with E-state index in [0.29, 0.717) is 35.1 Å². The first-order chi connectivity index (χ1) is 13.0. The summed E-state index contributed by atoms with van der Waals surface area (Å²) in [5, 5.41) is 8.27. The molecular formula is C19H17ClFN3O2S. The second kappa shape index (κ2) is 8.37. The Morgan fingerprint density at radius 2 is 2.11 bits per heavy atom. The second-order valence-corrected chi connectivity index (χ2v) is 6.43. The molecule has 0 aliphatic rings. The van der Waals surface area contributed by atoms with Crippen molar-refractivity contribution in [3.05, 3.63) is 59.1 Å². The van der Waals surface area contributed by atoms with Gasteiger partial charge in [-0.1, -0.05) is 23.7 Å². The van der Waals surface area contributed by atoms with Crippen LogP contribution in [-0.2, 0) is 0 Å². The fraction of sp³-hybridized carbons (Fsp3) is 0.158. The van der Waals surface area contributed by atoms with Crippen LogP contribution in [0.2, 0.25) is 5.02 Å². The quantitative estimate of drug-likeness (QED) is 0.341. The zero-order chi connectivity index (χ0) is 19.4. The van der Waals surface area contributed by atoms with Crippen molar-refractivity contribution in [3.63, 3.8) is 0 Å². The number of nitrogens with one attached hydrogen (secondary N) is 2. The number of rotatable bonds is 5. The predicted molar refractivity (Wildman–Crippen MR) is 110 cm³/mol. The van der Waals surface area contributed by atoms with Crippen LogP contribution >= 0.6 is 23.8 Å². The molecule has 0 radical (unpaired) electrons. The minimum absolute atomic E-state index is 0.00913. The van der Waals surface area contributed by atoms with E-state index < -0.39 is 5.82 Å². The van der Waals surface area contributed by atoms with Gasteiger partial charge in [0.25, 0.3) is 0 Å². The third-order valence-corrected chi connectivity index (χ3v) is 4.15. The van der Waals surface area contributed by atoms with Gasteiger partial charge in [-0.25, -0.2) is 4.39 Å². The Balaban J connectivity index is 1.71. The zero-order valence-corrected chi connectivity index (χ0v) is 16.2. The summed E-state index contributed by atoms with van der Waals surface area (Å²) in [6.45, 7) is 4.26. The average molecular weight is 406 g/mol. The number of nitrogens with zero attached hydrogens (tertiary/aromatic N) is 1. The van der Waals surface area contributed by atoms with Gasteiger partial charge in [0.15, 0.2) is 22.2 Å². The lowest BCUT2D eigenvalue weighted by Gasteiger charge is -2.08. The van der Waals surface area contributed by atoms with E-state index in [1.807, 2.05) is 31.2 Å². The van der Waals surface area contributed by atoms with Gasteiger partial charge in [0.05, 0.1) is 11.6 Å². The number of halogens is 2. The largest absolute Gasteiger partial charge is 0.490 e. The first-order valence-electron chi connectivity index (χ1n) is 8.20. The van der Waals surface area contributed by atoms with Crippen LogP contribution in [0.15, 0.2) is 52.0 Å². The summed E-state index contributed by atoms with van der Waals surface area (Å²) in [4.78, 5) is 0. The van der Waals surface area contributed by atoms with Crippen molar-refractivity contribution in [1.82, 2.24) is 5.43 Å². The van der Waals surface area contributed by atoms with E-state index in [0.717, 1.165) is 5.39 Å². The molecule has 140 valence electrons. The number of benzene rings is 2. The Bertz CT molecular complexity index is 1020. The van der Waals surface area contributed by atoms with E-state index in [1.54, 1.807) is 6.92 Å². The highest BCUT2D eigenvalue weighted by molar-refractivity contribution is 7.80. The summed E-state index contributed by atoms with van der Waals surface area (Å²) in [5.41, 5.74) is 4.56. The summed E-state index contributed by atoms with van der Waals surface area (Å²) < 4.78 is 24.6. The number of hydrazone groups is 1. The van der Waals surface area contributed by atoms with Crippen molar-refractivity contribution in [2.45, 2.75) is 13.8 Å². The highest BCUT2D eigenvalue weighted by Crippen LogP contribution is 2.29. The third kappa shape index (κ3) is 4.56. The summed E-state index contributed by atoms with van der Waals surface area (Å²) in [5.74, 6) is 0.788. The maximum Gasteiger partial charge on any atom is 0.191 e. The standard InChI is InChI=1S/C19H17ClFN3O2S/c1-3-25-16-6-4-5-12-9-17(26-18(12)16)11(2)23-24-19(27)22-13-7-8-15(21)14(20)10-13/h4-10H,3H2,1-2H3,(H2,22,24,27). The van der Waals surface area contributed by atoms with Gasteiger partial charge in [0.1, 0.15) is 11.5 Å². The number of para-hydroxylation sites is 1. The lowest BCUT2D eigenvalue weighted by atomic mass is 10.2. The molecule has 3 rings (SSSR count). The zero-order valence-electron chi connectivity index (χ0n) is 14.7. The molecule has 0 fully saturated rings.